The summed E-state index contributed by atoms with van der Waals surface area (Å²) in [6.45, 7) is 2.20. The highest BCUT2D eigenvalue weighted by atomic mass is 32.2. The maximum atomic E-state index is 4.23. The number of hydrogen-bond acceptors (Lipinski definition) is 3. The Hall–Kier alpha value is -0.150. The Labute approximate surface area is 83.4 Å². The molecule has 0 aromatic carbocycles. The monoisotopic (exact) mass is 199 g/mol. The van der Waals surface area contributed by atoms with Gasteiger partial charge in [-0.05, 0) is 23.8 Å². The lowest BCUT2D eigenvalue weighted by atomic mass is 10.3. The smallest absolute Gasteiger partial charge is 0.0959 e. The number of aromatic nitrogens is 1. The fraction of sp³-hybridized carbons (Fsp3) is 0.444. The molecule has 3 heteroatoms. The minimum absolute atomic E-state index is 0.653. The van der Waals surface area contributed by atoms with Gasteiger partial charge in [0.25, 0.3) is 0 Å². The normalized spacial score (nSPS) is 12.8. The molecule has 12 heavy (non-hydrogen) atoms. The van der Waals surface area contributed by atoms with Crippen LogP contribution in [0, 0.1) is 5.92 Å². The van der Waals surface area contributed by atoms with E-state index < -0.39 is 0 Å². The van der Waals surface area contributed by atoms with Crippen molar-refractivity contribution in [3.05, 3.63) is 24.4 Å². The number of thiol groups is 1. The zero-order chi connectivity index (χ0) is 8.81. The number of rotatable bonds is 4. The molecule has 0 amide bonds. The maximum Gasteiger partial charge on any atom is 0.0959 e. The SMILES string of the molecule is CC(CS)CSc1ccccn1. The highest BCUT2D eigenvalue weighted by molar-refractivity contribution is 7.99. The first-order valence-electron chi connectivity index (χ1n) is 3.97. The standard InChI is InChI=1S/C9H13NS2/c1-8(6-11)7-12-9-4-2-3-5-10-9/h2-5,8,11H,6-7H2,1H3. The predicted octanol–water partition coefficient (Wildman–Crippen LogP) is 2.74. The van der Waals surface area contributed by atoms with E-state index in [1.165, 1.54) is 0 Å². The van der Waals surface area contributed by atoms with Crippen molar-refractivity contribution in [3.63, 3.8) is 0 Å². The zero-order valence-electron chi connectivity index (χ0n) is 7.10. The molecular weight excluding hydrogens is 186 g/mol. The molecule has 66 valence electrons. The highest BCUT2D eigenvalue weighted by Gasteiger charge is 2.00. The Balaban J connectivity index is 2.33. The van der Waals surface area contributed by atoms with Crippen molar-refractivity contribution in [2.75, 3.05) is 11.5 Å². The topological polar surface area (TPSA) is 12.9 Å². The van der Waals surface area contributed by atoms with Crippen LogP contribution < -0.4 is 0 Å². The van der Waals surface area contributed by atoms with Crippen LogP contribution in [-0.4, -0.2) is 16.5 Å². The summed E-state index contributed by atoms with van der Waals surface area (Å²) in [5.41, 5.74) is 0. The second kappa shape index (κ2) is 5.49. The summed E-state index contributed by atoms with van der Waals surface area (Å²) in [5.74, 6) is 2.70. The molecule has 1 unspecified atom stereocenters. The van der Waals surface area contributed by atoms with Crippen molar-refractivity contribution in [1.29, 1.82) is 0 Å². The Kier molecular flexibility index (Phi) is 4.54. The Morgan fingerprint density at radius 1 is 1.58 bits per heavy atom. The molecule has 1 heterocycles. The summed E-state index contributed by atoms with van der Waals surface area (Å²) >= 11 is 6.02. The van der Waals surface area contributed by atoms with Gasteiger partial charge in [0.2, 0.25) is 0 Å². The van der Waals surface area contributed by atoms with Crippen LogP contribution in [0.1, 0.15) is 6.92 Å². The van der Waals surface area contributed by atoms with Crippen molar-refractivity contribution < 1.29 is 0 Å². The summed E-state index contributed by atoms with van der Waals surface area (Å²) in [6.07, 6.45) is 1.83. The number of pyridine rings is 1. The first-order valence-corrected chi connectivity index (χ1v) is 5.59. The van der Waals surface area contributed by atoms with E-state index in [1.807, 2.05) is 24.4 Å². The molecule has 0 aliphatic carbocycles. The van der Waals surface area contributed by atoms with Crippen LogP contribution in [0.5, 0.6) is 0 Å². The maximum absolute atomic E-state index is 4.23. The van der Waals surface area contributed by atoms with Crippen molar-refractivity contribution >= 4 is 24.4 Å². The fourth-order valence-corrected chi connectivity index (χ4v) is 1.90. The van der Waals surface area contributed by atoms with Crippen LogP contribution in [-0.2, 0) is 0 Å². The van der Waals surface area contributed by atoms with Crippen LogP contribution in [0.2, 0.25) is 0 Å². The molecule has 0 aliphatic rings. The molecule has 0 N–H and O–H groups in total. The molecular formula is C9H13NS2. The van der Waals surface area contributed by atoms with Crippen LogP contribution >= 0.6 is 24.4 Å². The zero-order valence-corrected chi connectivity index (χ0v) is 8.81. The minimum Gasteiger partial charge on any atom is -0.250 e. The second-order valence-electron chi connectivity index (χ2n) is 2.77. The molecule has 0 saturated heterocycles. The average molecular weight is 199 g/mol. The highest BCUT2D eigenvalue weighted by Crippen LogP contribution is 2.17. The summed E-state index contributed by atoms with van der Waals surface area (Å²) in [4.78, 5) is 4.22. The predicted molar refractivity (Wildman–Crippen MR) is 58.0 cm³/mol. The van der Waals surface area contributed by atoms with E-state index in [0.717, 1.165) is 16.5 Å². The summed E-state index contributed by atoms with van der Waals surface area (Å²) < 4.78 is 0. The van der Waals surface area contributed by atoms with E-state index in [-0.39, 0.29) is 0 Å². The van der Waals surface area contributed by atoms with Crippen molar-refractivity contribution in [2.45, 2.75) is 11.9 Å². The third-order valence-electron chi connectivity index (χ3n) is 1.47. The quantitative estimate of drug-likeness (QED) is 0.591. The van der Waals surface area contributed by atoms with Crippen LogP contribution in [0.15, 0.2) is 29.4 Å². The Bertz CT molecular complexity index is 213. The van der Waals surface area contributed by atoms with Crippen LogP contribution in [0.4, 0.5) is 0 Å². The third-order valence-corrected chi connectivity index (χ3v) is 3.36. The van der Waals surface area contributed by atoms with E-state index >= 15 is 0 Å². The third kappa shape index (κ3) is 3.50. The molecule has 1 rings (SSSR count). The van der Waals surface area contributed by atoms with Gasteiger partial charge in [-0.25, -0.2) is 4.98 Å². The number of hydrogen-bond donors (Lipinski definition) is 1. The molecule has 0 saturated carbocycles. The van der Waals surface area contributed by atoms with Gasteiger partial charge in [0, 0.05) is 11.9 Å². The van der Waals surface area contributed by atoms with E-state index in [9.17, 15) is 0 Å². The summed E-state index contributed by atoms with van der Waals surface area (Å²) in [6, 6.07) is 5.99. The molecule has 0 aliphatic heterocycles. The lowest BCUT2D eigenvalue weighted by molar-refractivity contribution is 0.766. The Morgan fingerprint density at radius 2 is 2.42 bits per heavy atom. The van der Waals surface area contributed by atoms with Gasteiger partial charge in [-0.15, -0.1) is 11.8 Å². The van der Waals surface area contributed by atoms with Crippen molar-refractivity contribution in [2.24, 2.45) is 5.92 Å². The van der Waals surface area contributed by atoms with Crippen LogP contribution in [0.3, 0.4) is 0 Å². The summed E-state index contributed by atoms with van der Waals surface area (Å²) in [7, 11) is 0. The summed E-state index contributed by atoms with van der Waals surface area (Å²) in [5, 5.41) is 1.10. The molecule has 0 fully saturated rings. The van der Waals surface area contributed by atoms with Gasteiger partial charge in [0.15, 0.2) is 0 Å². The molecule has 0 spiro atoms. The van der Waals surface area contributed by atoms with Gasteiger partial charge in [0.1, 0.15) is 0 Å². The lowest BCUT2D eigenvalue weighted by Gasteiger charge is -2.05. The van der Waals surface area contributed by atoms with Crippen LogP contribution in [0.25, 0.3) is 0 Å². The Morgan fingerprint density at radius 3 is 3.00 bits per heavy atom. The lowest BCUT2D eigenvalue weighted by Crippen LogP contribution is -1.99. The fourth-order valence-electron chi connectivity index (χ4n) is 0.713. The molecule has 1 aromatic heterocycles. The van der Waals surface area contributed by atoms with E-state index in [4.69, 9.17) is 0 Å². The van der Waals surface area contributed by atoms with Gasteiger partial charge < -0.3 is 0 Å². The average Bonchev–Trinajstić information content (AvgIpc) is 2.16. The van der Waals surface area contributed by atoms with Gasteiger partial charge >= 0.3 is 0 Å². The molecule has 0 radical (unpaired) electrons. The van der Waals surface area contributed by atoms with E-state index in [0.29, 0.717) is 5.92 Å². The first kappa shape index (κ1) is 9.93. The molecule has 1 nitrogen and oxygen atoms in total. The van der Waals surface area contributed by atoms with Crippen molar-refractivity contribution in [3.8, 4) is 0 Å². The van der Waals surface area contributed by atoms with Gasteiger partial charge in [-0.2, -0.15) is 12.6 Å². The van der Waals surface area contributed by atoms with E-state index in [2.05, 4.69) is 24.5 Å². The number of thioether (sulfide) groups is 1. The second-order valence-corrected chi connectivity index (χ2v) is 4.17. The molecule has 1 atom stereocenters. The van der Waals surface area contributed by atoms with Gasteiger partial charge in [-0.1, -0.05) is 13.0 Å². The minimum atomic E-state index is 0.653. The van der Waals surface area contributed by atoms with Gasteiger partial charge in [0.05, 0.1) is 5.03 Å². The van der Waals surface area contributed by atoms with Gasteiger partial charge in [-0.3, -0.25) is 0 Å². The first-order chi connectivity index (χ1) is 5.83. The molecule has 0 bridgehead atoms. The largest absolute Gasteiger partial charge is 0.250 e. The molecule has 1 aromatic rings. The number of nitrogens with zero attached hydrogens (tertiary/aromatic N) is 1. The van der Waals surface area contributed by atoms with E-state index in [1.54, 1.807) is 11.8 Å². The van der Waals surface area contributed by atoms with Crippen molar-refractivity contribution in [1.82, 2.24) is 4.98 Å².